The van der Waals surface area contributed by atoms with E-state index < -0.39 is 5.97 Å². The highest BCUT2D eigenvalue weighted by Gasteiger charge is 2.14. The number of carbonyl (C=O) groups is 1. The molecule has 0 radical (unpaired) electrons. The van der Waals surface area contributed by atoms with Gasteiger partial charge < -0.3 is 9.84 Å². The predicted octanol–water partition coefficient (Wildman–Crippen LogP) is 3.05. The fourth-order valence-electron chi connectivity index (χ4n) is 1.82. The van der Waals surface area contributed by atoms with E-state index in [-0.39, 0.29) is 12.3 Å². The summed E-state index contributed by atoms with van der Waals surface area (Å²) in [6.07, 6.45) is 2.09. The second-order valence-corrected chi connectivity index (χ2v) is 3.86. The number of benzene rings is 1. The molecule has 0 bridgehead atoms. The minimum Gasteiger partial charge on any atom is -0.497 e. The molecule has 0 aromatic heterocycles. The Balaban J connectivity index is 2.79. The number of aliphatic carboxylic acids is 1. The van der Waals surface area contributed by atoms with E-state index in [9.17, 15) is 4.79 Å². The first-order valence-electron chi connectivity index (χ1n) is 5.53. The zero-order valence-corrected chi connectivity index (χ0v) is 9.77. The summed E-state index contributed by atoms with van der Waals surface area (Å²) < 4.78 is 5.07. The van der Waals surface area contributed by atoms with Crippen LogP contribution in [0, 0.1) is 0 Å². The predicted molar refractivity (Wildman–Crippen MR) is 62.9 cm³/mol. The number of ether oxygens (including phenoxy) is 1. The first-order chi connectivity index (χ1) is 7.67. The van der Waals surface area contributed by atoms with Crippen molar-refractivity contribution in [2.24, 2.45) is 0 Å². The zero-order chi connectivity index (χ0) is 12.0. The van der Waals surface area contributed by atoms with Crippen molar-refractivity contribution in [3.05, 3.63) is 29.8 Å². The molecule has 16 heavy (non-hydrogen) atoms. The second-order valence-electron chi connectivity index (χ2n) is 3.86. The van der Waals surface area contributed by atoms with Crippen LogP contribution in [0.4, 0.5) is 0 Å². The van der Waals surface area contributed by atoms with Crippen LogP contribution in [0.2, 0.25) is 0 Å². The molecule has 1 atom stereocenters. The van der Waals surface area contributed by atoms with Gasteiger partial charge >= 0.3 is 5.97 Å². The van der Waals surface area contributed by atoms with Crippen LogP contribution in [0.25, 0.3) is 0 Å². The first kappa shape index (κ1) is 12.6. The SMILES string of the molecule is CCCC(CC(=O)O)c1ccc(OC)cc1. The number of hydrogen-bond acceptors (Lipinski definition) is 2. The Morgan fingerprint density at radius 1 is 1.38 bits per heavy atom. The molecule has 88 valence electrons. The van der Waals surface area contributed by atoms with Crippen molar-refractivity contribution in [3.63, 3.8) is 0 Å². The maximum atomic E-state index is 10.8. The van der Waals surface area contributed by atoms with Gasteiger partial charge in [0.05, 0.1) is 13.5 Å². The first-order valence-corrected chi connectivity index (χ1v) is 5.53. The van der Waals surface area contributed by atoms with E-state index in [0.717, 1.165) is 24.2 Å². The highest BCUT2D eigenvalue weighted by atomic mass is 16.5. The van der Waals surface area contributed by atoms with Crippen LogP contribution in [0.3, 0.4) is 0 Å². The summed E-state index contributed by atoms with van der Waals surface area (Å²) in [6, 6.07) is 7.64. The molecule has 0 spiro atoms. The smallest absolute Gasteiger partial charge is 0.303 e. The highest BCUT2D eigenvalue weighted by molar-refractivity contribution is 5.68. The molecule has 0 saturated carbocycles. The Hall–Kier alpha value is -1.51. The molecule has 0 aliphatic heterocycles. The molecule has 0 aliphatic rings. The molecule has 0 saturated heterocycles. The fraction of sp³-hybridized carbons (Fsp3) is 0.462. The molecule has 1 N–H and O–H groups in total. The van der Waals surface area contributed by atoms with Crippen LogP contribution in [0.5, 0.6) is 5.75 Å². The molecule has 3 nitrogen and oxygen atoms in total. The third-order valence-corrected chi connectivity index (χ3v) is 2.65. The van der Waals surface area contributed by atoms with Crippen molar-refractivity contribution in [2.75, 3.05) is 7.11 Å². The van der Waals surface area contributed by atoms with Gasteiger partial charge in [-0.1, -0.05) is 25.5 Å². The largest absolute Gasteiger partial charge is 0.497 e. The average Bonchev–Trinajstić information content (AvgIpc) is 2.28. The third-order valence-electron chi connectivity index (χ3n) is 2.65. The molecule has 1 aromatic carbocycles. The van der Waals surface area contributed by atoms with E-state index in [1.807, 2.05) is 24.3 Å². The minimum atomic E-state index is -0.741. The summed E-state index contributed by atoms with van der Waals surface area (Å²) in [5, 5.41) is 8.85. The van der Waals surface area contributed by atoms with Crippen LogP contribution in [-0.2, 0) is 4.79 Å². The van der Waals surface area contributed by atoms with Crippen LogP contribution < -0.4 is 4.74 Å². The lowest BCUT2D eigenvalue weighted by Gasteiger charge is -2.14. The summed E-state index contributed by atoms with van der Waals surface area (Å²) >= 11 is 0. The fourth-order valence-corrected chi connectivity index (χ4v) is 1.82. The second kappa shape index (κ2) is 6.16. The van der Waals surface area contributed by atoms with Crippen LogP contribution in [-0.4, -0.2) is 18.2 Å². The number of methoxy groups -OCH3 is 1. The van der Waals surface area contributed by atoms with Gasteiger partial charge in [-0.15, -0.1) is 0 Å². The topological polar surface area (TPSA) is 46.5 Å². The molecule has 0 amide bonds. The zero-order valence-electron chi connectivity index (χ0n) is 9.77. The van der Waals surface area contributed by atoms with E-state index in [2.05, 4.69) is 6.92 Å². The van der Waals surface area contributed by atoms with Gasteiger partial charge in [0.25, 0.3) is 0 Å². The van der Waals surface area contributed by atoms with Gasteiger partial charge in [0.1, 0.15) is 5.75 Å². The lowest BCUT2D eigenvalue weighted by molar-refractivity contribution is -0.137. The van der Waals surface area contributed by atoms with Crippen molar-refractivity contribution < 1.29 is 14.6 Å². The normalized spacial score (nSPS) is 12.1. The Bertz CT molecular complexity index is 330. The Morgan fingerprint density at radius 2 is 2.00 bits per heavy atom. The van der Waals surface area contributed by atoms with Crippen molar-refractivity contribution in [1.82, 2.24) is 0 Å². The van der Waals surface area contributed by atoms with Crippen molar-refractivity contribution in [2.45, 2.75) is 32.1 Å². The number of carboxylic acids is 1. The highest BCUT2D eigenvalue weighted by Crippen LogP contribution is 2.26. The number of carboxylic acid groups (broad SMARTS) is 1. The molecular formula is C13H18O3. The van der Waals surface area contributed by atoms with E-state index in [1.165, 1.54) is 0 Å². The Kier molecular flexibility index (Phi) is 4.83. The van der Waals surface area contributed by atoms with Gasteiger partial charge in [-0.05, 0) is 30.0 Å². The maximum absolute atomic E-state index is 10.8. The Labute approximate surface area is 96.1 Å². The van der Waals surface area contributed by atoms with E-state index >= 15 is 0 Å². The van der Waals surface area contributed by atoms with E-state index in [1.54, 1.807) is 7.11 Å². The van der Waals surface area contributed by atoms with Crippen LogP contribution >= 0.6 is 0 Å². The summed E-state index contributed by atoms with van der Waals surface area (Å²) in [7, 11) is 1.62. The minimum absolute atomic E-state index is 0.105. The third kappa shape index (κ3) is 3.57. The lowest BCUT2D eigenvalue weighted by Crippen LogP contribution is -2.06. The van der Waals surface area contributed by atoms with Gasteiger partial charge in [-0.25, -0.2) is 0 Å². The van der Waals surface area contributed by atoms with Gasteiger partial charge in [-0.3, -0.25) is 4.79 Å². The van der Waals surface area contributed by atoms with Gasteiger partial charge in [0, 0.05) is 0 Å². The summed E-state index contributed by atoms with van der Waals surface area (Å²) in [5.41, 5.74) is 1.07. The molecule has 0 fully saturated rings. The van der Waals surface area contributed by atoms with Gasteiger partial charge in [-0.2, -0.15) is 0 Å². The standard InChI is InChI=1S/C13H18O3/c1-3-4-11(9-13(14)15)10-5-7-12(16-2)8-6-10/h5-8,11H,3-4,9H2,1-2H3,(H,14,15). The van der Waals surface area contributed by atoms with Crippen molar-refractivity contribution in [3.8, 4) is 5.75 Å². The Morgan fingerprint density at radius 3 is 2.44 bits per heavy atom. The molecular weight excluding hydrogens is 204 g/mol. The number of hydrogen-bond donors (Lipinski definition) is 1. The quantitative estimate of drug-likeness (QED) is 0.804. The van der Waals surface area contributed by atoms with Crippen molar-refractivity contribution >= 4 is 5.97 Å². The molecule has 1 rings (SSSR count). The molecule has 1 aromatic rings. The number of rotatable bonds is 6. The van der Waals surface area contributed by atoms with E-state index in [0.29, 0.717) is 0 Å². The average molecular weight is 222 g/mol. The van der Waals surface area contributed by atoms with E-state index in [4.69, 9.17) is 9.84 Å². The monoisotopic (exact) mass is 222 g/mol. The maximum Gasteiger partial charge on any atom is 0.303 e. The lowest BCUT2D eigenvalue weighted by atomic mass is 9.91. The molecule has 0 heterocycles. The van der Waals surface area contributed by atoms with Gasteiger partial charge in [0.15, 0.2) is 0 Å². The van der Waals surface area contributed by atoms with Crippen LogP contribution in [0.15, 0.2) is 24.3 Å². The molecule has 1 unspecified atom stereocenters. The molecule has 3 heteroatoms. The summed E-state index contributed by atoms with van der Waals surface area (Å²) in [6.45, 7) is 2.07. The summed E-state index contributed by atoms with van der Waals surface area (Å²) in [5.74, 6) is 0.164. The van der Waals surface area contributed by atoms with Crippen LogP contribution in [0.1, 0.15) is 37.7 Å². The van der Waals surface area contributed by atoms with Gasteiger partial charge in [0.2, 0.25) is 0 Å². The van der Waals surface area contributed by atoms with Crippen molar-refractivity contribution in [1.29, 1.82) is 0 Å². The molecule has 0 aliphatic carbocycles. The summed E-state index contributed by atoms with van der Waals surface area (Å²) in [4.78, 5) is 10.8.